The van der Waals surface area contributed by atoms with E-state index in [2.05, 4.69) is 13.8 Å². The first-order chi connectivity index (χ1) is 12.4. The summed E-state index contributed by atoms with van der Waals surface area (Å²) in [6.07, 6.45) is 9.44. The average molecular weight is 363 g/mol. The van der Waals surface area contributed by atoms with Crippen molar-refractivity contribution in [2.24, 2.45) is 22.7 Å². The van der Waals surface area contributed by atoms with Crippen molar-refractivity contribution in [1.82, 2.24) is 4.90 Å². The van der Waals surface area contributed by atoms with Crippen LogP contribution in [0.3, 0.4) is 0 Å². The largest absolute Gasteiger partial charge is 0.447 e. The van der Waals surface area contributed by atoms with Crippen LogP contribution in [-0.2, 0) is 14.3 Å². The molecule has 0 N–H and O–H groups in total. The monoisotopic (exact) mass is 363 g/mol. The van der Waals surface area contributed by atoms with Gasteiger partial charge in [0.25, 0.3) is 0 Å². The fourth-order valence-electron chi connectivity index (χ4n) is 6.62. The number of ether oxygens (including phenoxy) is 2. The Hall–Kier alpha value is -1.10. The van der Waals surface area contributed by atoms with E-state index in [1.165, 1.54) is 37.0 Å². The summed E-state index contributed by atoms with van der Waals surface area (Å²) in [7, 11) is 1.71. The van der Waals surface area contributed by atoms with Crippen molar-refractivity contribution in [2.75, 3.05) is 13.7 Å². The first-order valence-corrected chi connectivity index (χ1v) is 10.4. The maximum atomic E-state index is 13.8. The Morgan fingerprint density at radius 3 is 2.62 bits per heavy atom. The van der Waals surface area contributed by atoms with Gasteiger partial charge in [-0.3, -0.25) is 4.79 Å². The summed E-state index contributed by atoms with van der Waals surface area (Å²) >= 11 is 0. The van der Waals surface area contributed by atoms with Crippen LogP contribution in [0, 0.1) is 22.7 Å². The predicted molar refractivity (Wildman–Crippen MR) is 97.5 cm³/mol. The zero-order chi connectivity index (χ0) is 18.5. The van der Waals surface area contributed by atoms with Crippen molar-refractivity contribution in [2.45, 2.75) is 83.8 Å². The number of hydrogen-bond acceptors (Lipinski definition) is 4. The molecule has 0 aromatic heterocycles. The first kappa shape index (κ1) is 18.3. The summed E-state index contributed by atoms with van der Waals surface area (Å²) in [5.74, 6) is 1.08. The SMILES string of the molecule is CO[C@@H]1C[C@H]2CC[C@]1(C(=O)N1C(=O)OC[C@@H]1CC1CCCCC1)C2(C)C. The summed E-state index contributed by atoms with van der Waals surface area (Å²) in [5.41, 5.74) is -0.719. The minimum atomic E-state index is -0.583. The fraction of sp³-hybridized carbons (Fsp3) is 0.905. The van der Waals surface area contributed by atoms with Crippen molar-refractivity contribution < 1.29 is 19.1 Å². The molecule has 4 rings (SSSR count). The van der Waals surface area contributed by atoms with Gasteiger partial charge in [0.15, 0.2) is 0 Å². The quantitative estimate of drug-likeness (QED) is 0.753. The van der Waals surface area contributed by atoms with E-state index in [1.54, 1.807) is 7.11 Å². The summed E-state index contributed by atoms with van der Waals surface area (Å²) in [6.45, 7) is 4.75. The molecule has 2 amide bonds. The third kappa shape index (κ3) is 2.45. The lowest BCUT2D eigenvalue weighted by molar-refractivity contribution is -0.154. The third-order valence-electron chi connectivity index (χ3n) is 8.28. The van der Waals surface area contributed by atoms with E-state index in [9.17, 15) is 9.59 Å². The van der Waals surface area contributed by atoms with Gasteiger partial charge in [0.1, 0.15) is 6.61 Å². The molecular formula is C21H33NO4. The van der Waals surface area contributed by atoms with Crippen LogP contribution in [0.2, 0.25) is 0 Å². The molecule has 5 heteroatoms. The molecule has 0 aromatic carbocycles. The summed E-state index contributed by atoms with van der Waals surface area (Å²) in [4.78, 5) is 27.9. The smallest absolute Gasteiger partial charge is 0.416 e. The van der Waals surface area contributed by atoms with E-state index in [1.807, 2.05) is 0 Å². The van der Waals surface area contributed by atoms with E-state index in [0.717, 1.165) is 25.7 Å². The molecule has 0 aromatic rings. The molecule has 1 saturated heterocycles. The van der Waals surface area contributed by atoms with Crippen LogP contribution in [0.4, 0.5) is 4.79 Å². The number of nitrogens with zero attached hydrogens (tertiary/aromatic N) is 1. The summed E-state index contributed by atoms with van der Waals surface area (Å²) < 4.78 is 11.2. The second kappa shape index (κ2) is 6.50. The first-order valence-electron chi connectivity index (χ1n) is 10.4. The Kier molecular flexibility index (Phi) is 4.57. The zero-order valence-corrected chi connectivity index (χ0v) is 16.5. The molecule has 3 aliphatic carbocycles. The number of fused-ring (bicyclic) bond motifs is 2. The minimum absolute atomic E-state index is 0.0299. The number of imide groups is 1. The number of hydrogen-bond donors (Lipinski definition) is 0. The number of cyclic esters (lactones) is 1. The number of carbonyl (C=O) groups is 2. The molecule has 4 fully saturated rings. The average Bonchev–Trinajstić information content (AvgIpc) is 3.20. The molecule has 4 aliphatic rings. The molecule has 146 valence electrons. The van der Waals surface area contributed by atoms with Gasteiger partial charge in [-0.1, -0.05) is 46.0 Å². The van der Waals surface area contributed by atoms with Crippen molar-refractivity contribution in [3.05, 3.63) is 0 Å². The molecule has 4 atom stereocenters. The lowest BCUT2D eigenvalue weighted by Gasteiger charge is -2.42. The second-order valence-corrected chi connectivity index (χ2v) is 9.53. The highest BCUT2D eigenvalue weighted by Crippen LogP contribution is 2.67. The van der Waals surface area contributed by atoms with Crippen molar-refractivity contribution in [1.29, 1.82) is 0 Å². The number of methoxy groups -OCH3 is 1. The molecule has 2 bridgehead atoms. The van der Waals surface area contributed by atoms with Crippen molar-refractivity contribution in [3.63, 3.8) is 0 Å². The fourth-order valence-corrected chi connectivity index (χ4v) is 6.62. The van der Waals surface area contributed by atoms with Gasteiger partial charge in [-0.2, -0.15) is 0 Å². The van der Waals surface area contributed by atoms with Crippen LogP contribution in [0.25, 0.3) is 0 Å². The van der Waals surface area contributed by atoms with Crippen LogP contribution in [0.15, 0.2) is 0 Å². The van der Waals surface area contributed by atoms with Crippen LogP contribution < -0.4 is 0 Å². The number of amides is 2. The van der Waals surface area contributed by atoms with Crippen LogP contribution >= 0.6 is 0 Å². The summed E-state index contributed by atoms with van der Waals surface area (Å²) in [6, 6.07) is -0.0968. The maximum Gasteiger partial charge on any atom is 0.416 e. The van der Waals surface area contributed by atoms with Crippen molar-refractivity contribution >= 4 is 12.0 Å². The molecule has 0 radical (unpaired) electrons. The lowest BCUT2D eigenvalue weighted by Crippen LogP contribution is -2.56. The molecule has 1 heterocycles. The van der Waals surface area contributed by atoms with E-state index < -0.39 is 11.5 Å². The van der Waals surface area contributed by atoms with Gasteiger partial charge in [0, 0.05) is 7.11 Å². The predicted octanol–water partition coefficient (Wildman–Crippen LogP) is 4.15. The standard InChI is InChI=1S/C21H33NO4/c1-20(2)15-9-10-21(20,17(12-15)25-3)18(23)22-16(13-26-19(22)24)11-14-7-5-4-6-8-14/h14-17H,4-13H2,1-3H3/t15-,16+,17-,21+/m1/s1. The minimum Gasteiger partial charge on any atom is -0.447 e. The third-order valence-corrected chi connectivity index (χ3v) is 8.28. The Bertz CT molecular complexity index is 583. The van der Waals surface area contributed by atoms with Gasteiger partial charge in [0.2, 0.25) is 5.91 Å². The van der Waals surface area contributed by atoms with Crippen LogP contribution in [-0.4, -0.2) is 42.8 Å². The molecule has 3 saturated carbocycles. The van der Waals surface area contributed by atoms with Crippen molar-refractivity contribution in [3.8, 4) is 0 Å². The van der Waals surface area contributed by atoms with Gasteiger partial charge in [-0.05, 0) is 42.9 Å². The molecule has 0 unspecified atom stereocenters. The molecular weight excluding hydrogens is 330 g/mol. The highest BCUT2D eigenvalue weighted by molar-refractivity contribution is 5.98. The highest BCUT2D eigenvalue weighted by atomic mass is 16.6. The van der Waals surface area contributed by atoms with Gasteiger partial charge in [-0.25, -0.2) is 9.69 Å². The normalized spacial score (nSPS) is 39.4. The Morgan fingerprint density at radius 1 is 1.23 bits per heavy atom. The van der Waals surface area contributed by atoms with Crippen LogP contribution in [0.5, 0.6) is 0 Å². The lowest BCUT2D eigenvalue weighted by atomic mass is 9.67. The Morgan fingerprint density at radius 2 is 1.96 bits per heavy atom. The van der Waals surface area contributed by atoms with Crippen LogP contribution in [0.1, 0.15) is 71.6 Å². The van der Waals surface area contributed by atoms with E-state index in [-0.39, 0.29) is 23.5 Å². The Balaban J connectivity index is 1.59. The zero-order valence-electron chi connectivity index (χ0n) is 16.5. The van der Waals surface area contributed by atoms with Gasteiger partial charge in [-0.15, -0.1) is 0 Å². The Labute approximate surface area is 156 Å². The topological polar surface area (TPSA) is 55.8 Å². The van der Waals surface area contributed by atoms with E-state index in [0.29, 0.717) is 18.4 Å². The van der Waals surface area contributed by atoms with Gasteiger partial charge < -0.3 is 9.47 Å². The molecule has 1 aliphatic heterocycles. The number of carbonyl (C=O) groups excluding carboxylic acids is 2. The molecule has 5 nitrogen and oxygen atoms in total. The second-order valence-electron chi connectivity index (χ2n) is 9.53. The van der Waals surface area contributed by atoms with E-state index >= 15 is 0 Å². The highest BCUT2D eigenvalue weighted by Gasteiger charge is 2.70. The maximum absolute atomic E-state index is 13.8. The molecule has 0 spiro atoms. The van der Waals surface area contributed by atoms with E-state index in [4.69, 9.17) is 9.47 Å². The van der Waals surface area contributed by atoms with Gasteiger partial charge in [0.05, 0.1) is 17.6 Å². The molecule has 26 heavy (non-hydrogen) atoms. The van der Waals surface area contributed by atoms with Gasteiger partial charge >= 0.3 is 6.09 Å². The summed E-state index contributed by atoms with van der Waals surface area (Å²) in [5, 5.41) is 0. The number of rotatable bonds is 4.